The molecule has 1 N–H and O–H groups in total. The van der Waals surface area contributed by atoms with Gasteiger partial charge in [0.05, 0.1) is 12.1 Å². The van der Waals surface area contributed by atoms with E-state index >= 15 is 0 Å². The molecule has 4 heteroatoms. The smallest absolute Gasteiger partial charge is 0.181 e. The van der Waals surface area contributed by atoms with Gasteiger partial charge >= 0.3 is 0 Å². The van der Waals surface area contributed by atoms with Crippen molar-refractivity contribution in [3.05, 3.63) is 69.7 Å². The summed E-state index contributed by atoms with van der Waals surface area (Å²) in [7, 11) is 0. The van der Waals surface area contributed by atoms with Crippen molar-refractivity contribution in [1.29, 1.82) is 0 Å². The Morgan fingerprint density at radius 1 is 1.05 bits per heavy atom. The second-order valence-electron chi connectivity index (χ2n) is 4.52. The van der Waals surface area contributed by atoms with E-state index in [0.29, 0.717) is 15.6 Å². The lowest BCUT2D eigenvalue weighted by molar-refractivity contribution is 0.0988. The molecule has 96 valence electrons. The summed E-state index contributed by atoms with van der Waals surface area (Å²) in [5.41, 5.74) is 1.63. The van der Waals surface area contributed by atoms with Crippen LogP contribution in [0.2, 0.25) is 10.0 Å². The van der Waals surface area contributed by atoms with Gasteiger partial charge in [0.25, 0.3) is 0 Å². The van der Waals surface area contributed by atoms with Crippen molar-refractivity contribution >= 4 is 29.0 Å². The van der Waals surface area contributed by atoms with E-state index in [0.717, 1.165) is 5.56 Å². The Kier molecular flexibility index (Phi) is 3.31. The number of carbonyl (C=O) groups is 1. The van der Waals surface area contributed by atoms with Gasteiger partial charge in [-0.25, -0.2) is 0 Å². The van der Waals surface area contributed by atoms with Crippen molar-refractivity contribution in [1.82, 2.24) is 5.32 Å². The fraction of sp³-hybridized carbons (Fsp3) is 0.133. The summed E-state index contributed by atoms with van der Waals surface area (Å²) in [6.45, 7) is 0. The predicted octanol–water partition coefficient (Wildman–Crippen LogP) is 3.89. The maximum absolute atomic E-state index is 12.2. The molecule has 1 saturated heterocycles. The number of hydrogen-bond acceptors (Lipinski definition) is 2. The highest BCUT2D eigenvalue weighted by Gasteiger charge is 2.44. The Balaban J connectivity index is 1.79. The summed E-state index contributed by atoms with van der Waals surface area (Å²) >= 11 is 12.0. The van der Waals surface area contributed by atoms with Crippen LogP contribution in [0.15, 0.2) is 48.5 Å². The summed E-state index contributed by atoms with van der Waals surface area (Å²) in [5, 5.41) is 4.36. The first-order valence-corrected chi connectivity index (χ1v) is 6.72. The monoisotopic (exact) mass is 291 g/mol. The molecule has 1 fully saturated rings. The molecular weight excluding hydrogens is 281 g/mol. The Bertz CT molecular complexity index is 627. The second kappa shape index (κ2) is 4.97. The van der Waals surface area contributed by atoms with E-state index in [2.05, 4.69) is 5.32 Å². The molecule has 2 atom stereocenters. The summed E-state index contributed by atoms with van der Waals surface area (Å²) in [4.78, 5) is 12.2. The number of ketones is 1. The molecule has 3 rings (SSSR count). The van der Waals surface area contributed by atoms with E-state index in [-0.39, 0.29) is 17.9 Å². The average molecular weight is 292 g/mol. The molecule has 2 nitrogen and oxygen atoms in total. The van der Waals surface area contributed by atoms with Crippen LogP contribution in [0, 0.1) is 0 Å². The Morgan fingerprint density at radius 3 is 2.47 bits per heavy atom. The van der Waals surface area contributed by atoms with Crippen LogP contribution < -0.4 is 5.32 Å². The van der Waals surface area contributed by atoms with Crippen molar-refractivity contribution in [2.45, 2.75) is 12.1 Å². The topological polar surface area (TPSA) is 39.0 Å². The van der Waals surface area contributed by atoms with E-state index in [9.17, 15) is 4.79 Å². The molecule has 0 aliphatic carbocycles. The molecule has 2 aromatic rings. The van der Waals surface area contributed by atoms with Crippen LogP contribution in [-0.4, -0.2) is 11.8 Å². The third-order valence-electron chi connectivity index (χ3n) is 3.22. The van der Waals surface area contributed by atoms with Gasteiger partial charge in [-0.2, -0.15) is 0 Å². The quantitative estimate of drug-likeness (QED) is 0.688. The van der Waals surface area contributed by atoms with E-state index in [1.807, 2.05) is 36.4 Å². The highest BCUT2D eigenvalue weighted by Crippen LogP contribution is 2.37. The summed E-state index contributed by atoms with van der Waals surface area (Å²) in [5.74, 6) is 0.0941. The molecule has 0 bridgehead atoms. The van der Waals surface area contributed by atoms with E-state index < -0.39 is 0 Å². The first-order valence-electron chi connectivity index (χ1n) is 5.97. The van der Waals surface area contributed by atoms with Crippen molar-refractivity contribution < 1.29 is 4.79 Å². The summed E-state index contributed by atoms with van der Waals surface area (Å²) in [6.07, 6.45) is 0. The Hall–Kier alpha value is -1.35. The van der Waals surface area contributed by atoms with Gasteiger partial charge in [0, 0.05) is 15.6 Å². The van der Waals surface area contributed by atoms with Gasteiger partial charge in [-0.05, 0) is 17.7 Å². The zero-order valence-electron chi connectivity index (χ0n) is 9.94. The van der Waals surface area contributed by atoms with Crippen LogP contribution in [0.4, 0.5) is 0 Å². The molecule has 1 aliphatic rings. The molecule has 0 spiro atoms. The van der Waals surface area contributed by atoms with Crippen LogP contribution in [0.3, 0.4) is 0 Å². The SMILES string of the molecule is O=C(c1ccccc1)[C@@H]1N[C@H]1c1ccc(Cl)cc1Cl. The number of Topliss-reactive ketones (excluding diaryl/α,β-unsaturated/α-hetero) is 1. The Morgan fingerprint density at radius 2 is 1.79 bits per heavy atom. The van der Waals surface area contributed by atoms with Crippen LogP contribution in [0.1, 0.15) is 22.0 Å². The number of halogens is 2. The zero-order chi connectivity index (χ0) is 13.4. The van der Waals surface area contributed by atoms with E-state index in [1.54, 1.807) is 12.1 Å². The average Bonchev–Trinajstić information content (AvgIpc) is 3.19. The first-order chi connectivity index (χ1) is 9.16. The normalized spacial score (nSPS) is 21.2. The number of benzene rings is 2. The first kappa shape index (κ1) is 12.7. The highest BCUT2D eigenvalue weighted by molar-refractivity contribution is 6.35. The lowest BCUT2D eigenvalue weighted by Crippen LogP contribution is -2.10. The van der Waals surface area contributed by atoms with E-state index in [4.69, 9.17) is 23.2 Å². The van der Waals surface area contributed by atoms with Gasteiger partial charge in [-0.15, -0.1) is 0 Å². The molecule has 1 heterocycles. The van der Waals surface area contributed by atoms with Gasteiger partial charge < -0.3 is 0 Å². The molecular formula is C15H11Cl2NO. The van der Waals surface area contributed by atoms with Gasteiger partial charge in [0.1, 0.15) is 0 Å². The fourth-order valence-corrected chi connectivity index (χ4v) is 2.70. The molecule has 0 unspecified atom stereocenters. The minimum atomic E-state index is -0.193. The molecule has 1 aliphatic heterocycles. The molecule has 0 amide bonds. The minimum absolute atomic E-state index is 0.0162. The standard InChI is InChI=1S/C15H11Cl2NO/c16-10-6-7-11(12(17)8-10)13-14(18-13)15(19)9-4-2-1-3-5-9/h1-8,13-14,18H/t13-,14+/m0/s1. The Labute approximate surface area is 121 Å². The molecule has 2 aromatic carbocycles. The lowest BCUT2D eigenvalue weighted by Gasteiger charge is -2.02. The molecule has 19 heavy (non-hydrogen) atoms. The van der Waals surface area contributed by atoms with Crippen molar-refractivity contribution in [3.8, 4) is 0 Å². The summed E-state index contributed by atoms with van der Waals surface area (Å²) in [6, 6.07) is 14.4. The van der Waals surface area contributed by atoms with Crippen molar-refractivity contribution in [2.75, 3.05) is 0 Å². The third-order valence-corrected chi connectivity index (χ3v) is 3.78. The maximum Gasteiger partial charge on any atom is 0.181 e. The van der Waals surface area contributed by atoms with Gasteiger partial charge in [0.2, 0.25) is 0 Å². The lowest BCUT2D eigenvalue weighted by atomic mass is 10.0. The zero-order valence-corrected chi connectivity index (χ0v) is 11.4. The van der Waals surface area contributed by atoms with Crippen molar-refractivity contribution in [3.63, 3.8) is 0 Å². The van der Waals surface area contributed by atoms with Gasteiger partial charge in [0.15, 0.2) is 5.78 Å². The van der Waals surface area contributed by atoms with Gasteiger partial charge in [-0.1, -0.05) is 59.6 Å². The third kappa shape index (κ3) is 2.52. The molecule has 0 aromatic heterocycles. The van der Waals surface area contributed by atoms with E-state index in [1.165, 1.54) is 0 Å². The molecule has 0 saturated carbocycles. The van der Waals surface area contributed by atoms with Crippen LogP contribution in [0.25, 0.3) is 0 Å². The van der Waals surface area contributed by atoms with Gasteiger partial charge in [-0.3, -0.25) is 10.1 Å². The number of rotatable bonds is 3. The number of nitrogens with one attached hydrogen (secondary N) is 1. The highest BCUT2D eigenvalue weighted by atomic mass is 35.5. The number of hydrogen-bond donors (Lipinski definition) is 1. The second-order valence-corrected chi connectivity index (χ2v) is 5.36. The molecule has 0 radical (unpaired) electrons. The van der Waals surface area contributed by atoms with Crippen LogP contribution in [0.5, 0.6) is 0 Å². The predicted molar refractivity (Wildman–Crippen MR) is 76.9 cm³/mol. The van der Waals surface area contributed by atoms with Crippen LogP contribution >= 0.6 is 23.2 Å². The van der Waals surface area contributed by atoms with Crippen LogP contribution in [-0.2, 0) is 0 Å². The largest absolute Gasteiger partial charge is 0.297 e. The van der Waals surface area contributed by atoms with Crippen molar-refractivity contribution in [2.24, 2.45) is 0 Å². The number of carbonyl (C=O) groups excluding carboxylic acids is 1. The maximum atomic E-state index is 12.2. The summed E-state index contributed by atoms with van der Waals surface area (Å²) < 4.78 is 0. The fourth-order valence-electron chi connectivity index (χ4n) is 2.17. The minimum Gasteiger partial charge on any atom is -0.297 e.